The van der Waals surface area contributed by atoms with E-state index in [1.165, 1.54) is 12.3 Å². The molecule has 0 spiro atoms. The van der Waals surface area contributed by atoms with Crippen LogP contribution in [0.3, 0.4) is 0 Å². The lowest BCUT2D eigenvalue weighted by molar-refractivity contribution is 0.218. The van der Waals surface area contributed by atoms with Crippen LogP contribution in [0, 0.1) is 5.82 Å². The highest BCUT2D eigenvalue weighted by Crippen LogP contribution is 2.21. The van der Waals surface area contributed by atoms with Gasteiger partial charge in [0.05, 0.1) is 12.1 Å². The fraction of sp³-hybridized carbons (Fsp3) is 0.500. The average molecular weight is 277 g/mol. The first kappa shape index (κ1) is 12.4. The molecule has 0 aliphatic carbocycles. The van der Waals surface area contributed by atoms with E-state index in [4.69, 9.17) is 0 Å². The van der Waals surface area contributed by atoms with Gasteiger partial charge in [-0.2, -0.15) is 0 Å². The van der Waals surface area contributed by atoms with Crippen LogP contribution in [0.25, 0.3) is 0 Å². The second-order valence-electron chi connectivity index (χ2n) is 3.68. The van der Waals surface area contributed by atoms with E-state index in [-0.39, 0.29) is 12.4 Å². The molecule has 1 unspecified atom stereocenters. The highest BCUT2D eigenvalue weighted by atomic mass is 79.9. The third-order valence-electron chi connectivity index (χ3n) is 2.36. The van der Waals surface area contributed by atoms with Crippen molar-refractivity contribution in [2.75, 3.05) is 11.9 Å². The van der Waals surface area contributed by atoms with E-state index < -0.39 is 11.4 Å². The second kappa shape index (κ2) is 4.90. The summed E-state index contributed by atoms with van der Waals surface area (Å²) in [7, 11) is 0. The number of aromatic nitrogens is 1. The Morgan fingerprint density at radius 1 is 1.67 bits per heavy atom. The van der Waals surface area contributed by atoms with Crippen LogP contribution in [-0.4, -0.2) is 22.2 Å². The van der Waals surface area contributed by atoms with Crippen LogP contribution in [-0.2, 0) is 0 Å². The first-order chi connectivity index (χ1) is 7.00. The Bertz CT molecular complexity index is 342. The molecule has 5 heteroatoms. The van der Waals surface area contributed by atoms with E-state index in [2.05, 4.69) is 26.2 Å². The second-order valence-corrected chi connectivity index (χ2v) is 4.60. The number of halogens is 2. The molecule has 0 aliphatic heterocycles. The number of hydrogen-bond acceptors (Lipinski definition) is 3. The maximum absolute atomic E-state index is 13.4. The maximum Gasteiger partial charge on any atom is 0.166 e. The number of hydrogen-bond donors (Lipinski definition) is 2. The summed E-state index contributed by atoms with van der Waals surface area (Å²) in [6.07, 6.45) is 2.19. The Morgan fingerprint density at radius 2 is 2.33 bits per heavy atom. The van der Waals surface area contributed by atoms with Crippen molar-refractivity contribution in [3.63, 3.8) is 0 Å². The molecule has 0 saturated carbocycles. The highest BCUT2D eigenvalue weighted by molar-refractivity contribution is 9.10. The third-order valence-corrected chi connectivity index (χ3v) is 2.79. The number of nitrogens with one attached hydrogen (secondary N) is 1. The highest BCUT2D eigenvalue weighted by Gasteiger charge is 2.22. The molecule has 3 nitrogen and oxygen atoms in total. The number of nitrogens with zero attached hydrogens (tertiary/aromatic N) is 1. The molecule has 2 N–H and O–H groups in total. The molecule has 0 saturated heterocycles. The molecule has 1 aromatic heterocycles. The van der Waals surface area contributed by atoms with Gasteiger partial charge in [0.1, 0.15) is 0 Å². The van der Waals surface area contributed by atoms with Gasteiger partial charge in [-0.15, -0.1) is 0 Å². The first-order valence-electron chi connectivity index (χ1n) is 4.71. The van der Waals surface area contributed by atoms with Crippen molar-refractivity contribution in [2.45, 2.75) is 25.8 Å². The van der Waals surface area contributed by atoms with Crippen molar-refractivity contribution in [1.82, 2.24) is 4.98 Å². The van der Waals surface area contributed by atoms with Gasteiger partial charge in [-0.3, -0.25) is 0 Å². The van der Waals surface area contributed by atoms with E-state index in [1.54, 1.807) is 0 Å². The molecule has 0 bridgehead atoms. The Kier molecular flexibility index (Phi) is 4.04. The smallest absolute Gasteiger partial charge is 0.166 e. The summed E-state index contributed by atoms with van der Waals surface area (Å²) in [4.78, 5) is 3.91. The number of aliphatic hydroxyl groups excluding tert-OH is 1. The van der Waals surface area contributed by atoms with Crippen molar-refractivity contribution in [2.24, 2.45) is 0 Å². The quantitative estimate of drug-likeness (QED) is 0.889. The Hall–Kier alpha value is -0.680. The molecule has 0 radical (unpaired) electrons. The number of aliphatic hydroxyl groups is 1. The minimum Gasteiger partial charge on any atom is -0.394 e. The lowest BCUT2D eigenvalue weighted by Gasteiger charge is -2.27. The summed E-state index contributed by atoms with van der Waals surface area (Å²) in [5.41, 5.74) is -0.540. The van der Waals surface area contributed by atoms with Gasteiger partial charge in [0, 0.05) is 10.7 Å². The van der Waals surface area contributed by atoms with Crippen molar-refractivity contribution in [3.05, 3.63) is 22.6 Å². The van der Waals surface area contributed by atoms with E-state index >= 15 is 0 Å². The van der Waals surface area contributed by atoms with Crippen LogP contribution < -0.4 is 5.32 Å². The van der Waals surface area contributed by atoms with Crippen LogP contribution in [0.4, 0.5) is 10.2 Å². The predicted octanol–water partition coefficient (Wildman–Crippen LogP) is 2.56. The minimum atomic E-state index is -0.540. The SMILES string of the molecule is CCC(C)(CO)Nc1ncc(Br)cc1F. The van der Waals surface area contributed by atoms with Crippen LogP contribution in [0.15, 0.2) is 16.7 Å². The predicted molar refractivity (Wildman–Crippen MR) is 61.3 cm³/mol. The third kappa shape index (κ3) is 3.14. The number of rotatable bonds is 4. The van der Waals surface area contributed by atoms with Gasteiger partial charge in [0.15, 0.2) is 11.6 Å². The zero-order valence-corrected chi connectivity index (χ0v) is 10.3. The average Bonchev–Trinajstić information content (AvgIpc) is 2.22. The normalized spacial score (nSPS) is 14.7. The maximum atomic E-state index is 13.4. The summed E-state index contributed by atoms with van der Waals surface area (Å²) in [5.74, 6) is -0.269. The molecule has 1 aromatic rings. The van der Waals surface area contributed by atoms with Gasteiger partial charge in [0.25, 0.3) is 0 Å². The largest absolute Gasteiger partial charge is 0.394 e. The van der Waals surface area contributed by atoms with Crippen molar-refractivity contribution in [1.29, 1.82) is 0 Å². The summed E-state index contributed by atoms with van der Waals surface area (Å²) in [6, 6.07) is 1.34. The number of anilines is 1. The standard InChI is InChI=1S/C10H14BrFN2O/c1-3-10(2,6-15)14-9-8(12)4-7(11)5-13-9/h4-5,15H,3,6H2,1-2H3,(H,13,14). The molecule has 84 valence electrons. The van der Waals surface area contributed by atoms with Gasteiger partial charge >= 0.3 is 0 Å². The molecule has 1 rings (SSSR count). The van der Waals surface area contributed by atoms with Crippen molar-refractivity contribution in [3.8, 4) is 0 Å². The summed E-state index contributed by atoms with van der Waals surface area (Å²) < 4.78 is 14.0. The zero-order valence-electron chi connectivity index (χ0n) is 8.72. The molecular formula is C10H14BrFN2O. The van der Waals surface area contributed by atoms with Crippen molar-refractivity contribution < 1.29 is 9.50 Å². The zero-order chi connectivity index (χ0) is 11.5. The molecule has 0 fully saturated rings. The Morgan fingerprint density at radius 3 is 2.80 bits per heavy atom. The summed E-state index contributed by atoms with van der Waals surface area (Å²) in [6.45, 7) is 3.66. The lowest BCUT2D eigenvalue weighted by atomic mass is 10.0. The van der Waals surface area contributed by atoms with E-state index in [0.29, 0.717) is 10.9 Å². The van der Waals surface area contributed by atoms with E-state index in [1.807, 2.05) is 13.8 Å². The summed E-state index contributed by atoms with van der Waals surface area (Å²) >= 11 is 3.13. The van der Waals surface area contributed by atoms with Gasteiger partial charge in [0.2, 0.25) is 0 Å². The van der Waals surface area contributed by atoms with Gasteiger partial charge < -0.3 is 10.4 Å². The van der Waals surface area contributed by atoms with Gasteiger partial charge in [-0.25, -0.2) is 9.37 Å². The van der Waals surface area contributed by atoms with Gasteiger partial charge in [-0.1, -0.05) is 6.92 Å². The lowest BCUT2D eigenvalue weighted by Crippen LogP contribution is -2.38. The molecule has 15 heavy (non-hydrogen) atoms. The van der Waals surface area contributed by atoms with E-state index in [9.17, 15) is 9.50 Å². The number of pyridine rings is 1. The van der Waals surface area contributed by atoms with Crippen LogP contribution in [0.2, 0.25) is 0 Å². The van der Waals surface area contributed by atoms with Crippen LogP contribution in [0.1, 0.15) is 20.3 Å². The minimum absolute atomic E-state index is 0.0688. The van der Waals surface area contributed by atoms with Crippen LogP contribution >= 0.6 is 15.9 Å². The first-order valence-corrected chi connectivity index (χ1v) is 5.50. The molecule has 0 aromatic carbocycles. The molecule has 0 aliphatic rings. The monoisotopic (exact) mass is 276 g/mol. The van der Waals surface area contributed by atoms with Crippen molar-refractivity contribution >= 4 is 21.7 Å². The summed E-state index contributed by atoms with van der Waals surface area (Å²) in [5, 5.41) is 12.1. The fourth-order valence-electron chi connectivity index (χ4n) is 1.03. The van der Waals surface area contributed by atoms with E-state index in [0.717, 1.165) is 0 Å². The molecule has 1 heterocycles. The Balaban J connectivity index is 2.89. The molecular weight excluding hydrogens is 263 g/mol. The molecule has 0 amide bonds. The topological polar surface area (TPSA) is 45.1 Å². The molecule has 1 atom stereocenters. The van der Waals surface area contributed by atoms with Crippen LogP contribution in [0.5, 0.6) is 0 Å². The fourth-order valence-corrected chi connectivity index (χ4v) is 1.34. The van der Waals surface area contributed by atoms with Gasteiger partial charge in [-0.05, 0) is 35.3 Å². The Labute approximate surface area is 96.9 Å².